The molecule has 0 fully saturated rings. The van der Waals surface area contributed by atoms with E-state index in [1.165, 1.54) is 11.6 Å². The van der Waals surface area contributed by atoms with Crippen LogP contribution in [0, 0.1) is 6.92 Å². The lowest BCUT2D eigenvalue weighted by atomic mass is 10.2. The minimum absolute atomic E-state index is 0.0550. The number of hydrogen-bond donors (Lipinski definition) is 0. The molecule has 0 aliphatic heterocycles. The number of carbonyl (C=O) groups excluding carboxylic acids is 1. The van der Waals surface area contributed by atoms with Crippen LogP contribution in [0.1, 0.15) is 17.3 Å². The fraction of sp³-hybridized carbons (Fsp3) is 0.200. The number of rotatable bonds is 0. The van der Waals surface area contributed by atoms with E-state index < -0.39 is 0 Å². The van der Waals surface area contributed by atoms with Gasteiger partial charge in [-0.2, -0.15) is 5.10 Å². The summed E-state index contributed by atoms with van der Waals surface area (Å²) in [5.41, 5.74) is 2.02. The van der Waals surface area contributed by atoms with E-state index in [0.29, 0.717) is 0 Å². The average molecular weight is 174 g/mol. The van der Waals surface area contributed by atoms with Crippen LogP contribution in [0.25, 0.3) is 10.9 Å². The molecule has 0 unspecified atom stereocenters. The van der Waals surface area contributed by atoms with E-state index in [-0.39, 0.29) is 5.91 Å². The molecule has 0 radical (unpaired) electrons. The third-order valence-corrected chi connectivity index (χ3v) is 2.02. The summed E-state index contributed by atoms with van der Waals surface area (Å²) in [6.45, 7) is 3.51. The van der Waals surface area contributed by atoms with Crippen LogP contribution in [-0.4, -0.2) is 15.7 Å². The van der Waals surface area contributed by atoms with Gasteiger partial charge in [0.2, 0.25) is 5.91 Å². The first-order chi connectivity index (χ1) is 6.18. The van der Waals surface area contributed by atoms with Gasteiger partial charge in [0.25, 0.3) is 0 Å². The summed E-state index contributed by atoms with van der Waals surface area (Å²) in [6, 6.07) is 5.94. The Morgan fingerprint density at radius 2 is 2.23 bits per heavy atom. The first kappa shape index (κ1) is 7.98. The molecule has 1 aromatic heterocycles. The van der Waals surface area contributed by atoms with Crippen molar-refractivity contribution in [2.75, 3.05) is 0 Å². The summed E-state index contributed by atoms with van der Waals surface area (Å²) in [6.07, 6.45) is 1.70. The highest BCUT2D eigenvalue weighted by Gasteiger charge is 2.04. The van der Waals surface area contributed by atoms with Crippen LogP contribution in [-0.2, 0) is 0 Å². The highest BCUT2D eigenvalue weighted by Crippen LogP contribution is 2.14. The predicted octanol–water partition coefficient (Wildman–Crippen LogP) is 2.00. The average Bonchev–Trinajstić information content (AvgIpc) is 2.46. The predicted molar refractivity (Wildman–Crippen MR) is 50.8 cm³/mol. The zero-order chi connectivity index (χ0) is 9.42. The molecule has 1 aromatic carbocycles. The molecule has 1 heterocycles. The van der Waals surface area contributed by atoms with Crippen molar-refractivity contribution < 1.29 is 4.79 Å². The van der Waals surface area contributed by atoms with Crippen LogP contribution >= 0.6 is 0 Å². The Morgan fingerprint density at radius 1 is 1.46 bits per heavy atom. The number of aryl methyl sites for hydroxylation is 1. The number of aromatic nitrogens is 2. The lowest BCUT2D eigenvalue weighted by molar-refractivity contribution is 0.0927. The molecule has 13 heavy (non-hydrogen) atoms. The highest BCUT2D eigenvalue weighted by atomic mass is 16.2. The van der Waals surface area contributed by atoms with Crippen molar-refractivity contribution in [3.05, 3.63) is 30.0 Å². The molecule has 2 rings (SSSR count). The van der Waals surface area contributed by atoms with E-state index in [4.69, 9.17) is 0 Å². The van der Waals surface area contributed by atoms with Gasteiger partial charge in [-0.25, -0.2) is 4.68 Å². The monoisotopic (exact) mass is 174 g/mol. The molecule has 0 saturated carbocycles. The van der Waals surface area contributed by atoms with Gasteiger partial charge in [-0.3, -0.25) is 4.79 Å². The number of benzene rings is 1. The van der Waals surface area contributed by atoms with Crippen LogP contribution in [0.2, 0.25) is 0 Å². The Morgan fingerprint density at radius 3 is 2.92 bits per heavy atom. The van der Waals surface area contributed by atoms with Gasteiger partial charge < -0.3 is 0 Å². The SMILES string of the molecule is CC(=O)n1ncc2ccc(C)cc21. The Bertz CT molecular complexity index is 471. The third kappa shape index (κ3) is 1.22. The van der Waals surface area contributed by atoms with E-state index in [1.54, 1.807) is 6.20 Å². The fourth-order valence-electron chi connectivity index (χ4n) is 1.38. The first-order valence-electron chi connectivity index (χ1n) is 4.14. The molecule has 66 valence electrons. The van der Waals surface area contributed by atoms with Crippen LogP contribution in [0.5, 0.6) is 0 Å². The topological polar surface area (TPSA) is 34.9 Å². The number of fused-ring (bicyclic) bond motifs is 1. The maximum Gasteiger partial charge on any atom is 0.244 e. The van der Waals surface area contributed by atoms with E-state index in [1.807, 2.05) is 25.1 Å². The van der Waals surface area contributed by atoms with Gasteiger partial charge in [-0.05, 0) is 18.6 Å². The van der Waals surface area contributed by atoms with E-state index in [2.05, 4.69) is 5.10 Å². The van der Waals surface area contributed by atoms with Gasteiger partial charge in [-0.1, -0.05) is 12.1 Å². The number of nitrogens with zero attached hydrogens (tertiary/aromatic N) is 2. The summed E-state index contributed by atoms with van der Waals surface area (Å²) < 4.78 is 1.42. The molecule has 0 aliphatic carbocycles. The number of hydrogen-bond acceptors (Lipinski definition) is 2. The molecular weight excluding hydrogens is 164 g/mol. The molecule has 0 saturated heterocycles. The van der Waals surface area contributed by atoms with Gasteiger partial charge in [0.15, 0.2) is 0 Å². The zero-order valence-corrected chi connectivity index (χ0v) is 7.61. The van der Waals surface area contributed by atoms with Crippen molar-refractivity contribution in [3.8, 4) is 0 Å². The molecule has 0 aliphatic rings. The summed E-state index contributed by atoms with van der Waals surface area (Å²) >= 11 is 0. The van der Waals surface area contributed by atoms with E-state index in [9.17, 15) is 4.79 Å². The van der Waals surface area contributed by atoms with Crippen molar-refractivity contribution in [1.29, 1.82) is 0 Å². The van der Waals surface area contributed by atoms with Crippen molar-refractivity contribution in [3.63, 3.8) is 0 Å². The lowest BCUT2D eigenvalue weighted by Crippen LogP contribution is -2.06. The fourth-order valence-corrected chi connectivity index (χ4v) is 1.38. The Hall–Kier alpha value is -1.64. The number of carbonyl (C=O) groups is 1. The van der Waals surface area contributed by atoms with Crippen molar-refractivity contribution in [2.45, 2.75) is 13.8 Å². The highest BCUT2D eigenvalue weighted by molar-refractivity contribution is 5.89. The molecule has 2 aromatic rings. The standard InChI is InChI=1S/C10H10N2O/c1-7-3-4-9-6-11-12(8(2)13)10(9)5-7/h3-6H,1-2H3. The summed E-state index contributed by atoms with van der Waals surface area (Å²) in [5, 5.41) is 5.00. The summed E-state index contributed by atoms with van der Waals surface area (Å²) in [5.74, 6) is -0.0550. The minimum atomic E-state index is -0.0550. The van der Waals surface area contributed by atoms with Gasteiger partial charge in [0.1, 0.15) is 0 Å². The van der Waals surface area contributed by atoms with Crippen LogP contribution in [0.3, 0.4) is 0 Å². The van der Waals surface area contributed by atoms with Crippen molar-refractivity contribution >= 4 is 16.8 Å². The van der Waals surface area contributed by atoms with Crippen molar-refractivity contribution in [2.24, 2.45) is 0 Å². The van der Waals surface area contributed by atoms with Crippen LogP contribution < -0.4 is 0 Å². The Labute approximate surface area is 76.0 Å². The van der Waals surface area contributed by atoms with Crippen LogP contribution in [0.4, 0.5) is 0 Å². The quantitative estimate of drug-likeness (QED) is 0.612. The van der Waals surface area contributed by atoms with E-state index >= 15 is 0 Å². The maximum absolute atomic E-state index is 11.1. The van der Waals surface area contributed by atoms with Gasteiger partial charge in [-0.15, -0.1) is 0 Å². The zero-order valence-electron chi connectivity index (χ0n) is 7.61. The Kier molecular flexibility index (Phi) is 1.65. The summed E-state index contributed by atoms with van der Waals surface area (Å²) in [7, 11) is 0. The molecule has 0 amide bonds. The largest absolute Gasteiger partial charge is 0.273 e. The maximum atomic E-state index is 11.1. The first-order valence-corrected chi connectivity index (χ1v) is 4.14. The molecular formula is C10H10N2O. The van der Waals surface area contributed by atoms with Gasteiger partial charge in [0, 0.05) is 12.3 Å². The van der Waals surface area contributed by atoms with E-state index in [0.717, 1.165) is 16.5 Å². The second-order valence-electron chi connectivity index (χ2n) is 3.14. The van der Waals surface area contributed by atoms with Gasteiger partial charge in [0.05, 0.1) is 11.7 Å². The molecule has 0 bridgehead atoms. The molecule has 3 nitrogen and oxygen atoms in total. The molecule has 0 atom stereocenters. The third-order valence-electron chi connectivity index (χ3n) is 2.02. The smallest absolute Gasteiger partial charge is 0.244 e. The molecule has 0 spiro atoms. The molecule has 0 N–H and O–H groups in total. The second kappa shape index (κ2) is 2.69. The Balaban J connectivity index is 2.79. The molecule has 3 heteroatoms. The normalized spacial score (nSPS) is 10.6. The minimum Gasteiger partial charge on any atom is -0.273 e. The summed E-state index contributed by atoms with van der Waals surface area (Å²) in [4.78, 5) is 11.1. The lowest BCUT2D eigenvalue weighted by Gasteiger charge is -1.97. The van der Waals surface area contributed by atoms with Crippen LogP contribution in [0.15, 0.2) is 24.4 Å². The second-order valence-corrected chi connectivity index (χ2v) is 3.14. The van der Waals surface area contributed by atoms with Crippen molar-refractivity contribution in [1.82, 2.24) is 9.78 Å². The van der Waals surface area contributed by atoms with Gasteiger partial charge >= 0.3 is 0 Å².